The highest BCUT2D eigenvalue weighted by Gasteiger charge is 2.28. The fourth-order valence-electron chi connectivity index (χ4n) is 2.25. The summed E-state index contributed by atoms with van der Waals surface area (Å²) in [4.78, 5) is 11.2. The van der Waals surface area contributed by atoms with Gasteiger partial charge in [0.2, 0.25) is 5.91 Å². The zero-order chi connectivity index (χ0) is 13.6. The highest BCUT2D eigenvalue weighted by atomic mass is 19.4. The van der Waals surface area contributed by atoms with Gasteiger partial charge < -0.3 is 15.8 Å². The number of carbonyl (C=O) groups excluding carboxylic acids is 1. The molecule has 1 fully saturated rings. The van der Waals surface area contributed by atoms with E-state index in [-0.39, 0.29) is 0 Å². The van der Waals surface area contributed by atoms with Gasteiger partial charge in [-0.1, -0.05) is 6.42 Å². The highest BCUT2D eigenvalue weighted by molar-refractivity contribution is 5.77. The van der Waals surface area contributed by atoms with Gasteiger partial charge in [-0.3, -0.25) is 4.79 Å². The van der Waals surface area contributed by atoms with Gasteiger partial charge in [0.25, 0.3) is 0 Å². The third kappa shape index (κ3) is 5.68. The molecule has 0 bridgehead atoms. The first-order valence-corrected chi connectivity index (χ1v) is 6.03. The minimum absolute atomic E-state index is 0.335. The van der Waals surface area contributed by atoms with Crippen molar-refractivity contribution in [2.24, 2.45) is 17.6 Å². The van der Waals surface area contributed by atoms with Crippen LogP contribution in [0.5, 0.6) is 0 Å². The largest absolute Gasteiger partial charge is 0.411 e. The number of alkyl halides is 3. The Morgan fingerprint density at radius 2 is 2.00 bits per heavy atom. The summed E-state index contributed by atoms with van der Waals surface area (Å²) < 4.78 is 39.6. The topological polar surface area (TPSA) is 64.3 Å². The average Bonchev–Trinajstić information content (AvgIpc) is 2.71. The van der Waals surface area contributed by atoms with Gasteiger partial charge in [-0.05, 0) is 31.2 Å². The van der Waals surface area contributed by atoms with E-state index in [4.69, 9.17) is 5.73 Å². The van der Waals surface area contributed by atoms with Crippen LogP contribution >= 0.6 is 0 Å². The first kappa shape index (κ1) is 15.2. The van der Waals surface area contributed by atoms with E-state index in [0.29, 0.717) is 24.9 Å². The van der Waals surface area contributed by atoms with Gasteiger partial charge in [0.1, 0.15) is 13.2 Å². The highest BCUT2D eigenvalue weighted by Crippen LogP contribution is 2.30. The average molecular weight is 268 g/mol. The summed E-state index contributed by atoms with van der Waals surface area (Å²) in [6.07, 6.45) is -1.24. The third-order valence-corrected chi connectivity index (χ3v) is 3.18. The predicted octanol–water partition coefficient (Wildman–Crippen LogP) is 1.06. The zero-order valence-electron chi connectivity index (χ0n) is 10.1. The van der Waals surface area contributed by atoms with Crippen molar-refractivity contribution in [1.29, 1.82) is 0 Å². The van der Waals surface area contributed by atoms with Crippen molar-refractivity contribution in [3.63, 3.8) is 0 Å². The van der Waals surface area contributed by atoms with Crippen LogP contribution in [0.1, 0.15) is 19.3 Å². The SMILES string of the molecule is NCC1CCCC1CNC(=O)COCC(F)(F)F. The van der Waals surface area contributed by atoms with Gasteiger partial charge in [0, 0.05) is 6.54 Å². The quantitative estimate of drug-likeness (QED) is 0.757. The molecule has 4 nitrogen and oxygen atoms in total. The molecule has 7 heteroatoms. The summed E-state index contributed by atoms with van der Waals surface area (Å²) in [5.41, 5.74) is 5.60. The van der Waals surface area contributed by atoms with Crippen LogP contribution in [-0.4, -0.2) is 38.4 Å². The Labute approximate surface area is 104 Å². The van der Waals surface area contributed by atoms with Gasteiger partial charge in [-0.15, -0.1) is 0 Å². The normalized spacial score (nSPS) is 24.2. The fraction of sp³-hybridized carbons (Fsp3) is 0.909. The minimum atomic E-state index is -4.39. The predicted molar refractivity (Wildman–Crippen MR) is 59.8 cm³/mol. The molecule has 1 amide bonds. The second kappa shape index (κ2) is 6.94. The lowest BCUT2D eigenvalue weighted by atomic mass is 9.96. The summed E-state index contributed by atoms with van der Waals surface area (Å²) in [5.74, 6) is 0.227. The van der Waals surface area contributed by atoms with Crippen molar-refractivity contribution in [3.05, 3.63) is 0 Å². The summed E-state index contributed by atoms with van der Waals surface area (Å²) in [6.45, 7) is -0.893. The Morgan fingerprint density at radius 1 is 1.33 bits per heavy atom. The van der Waals surface area contributed by atoms with E-state index in [1.807, 2.05) is 0 Å². The lowest BCUT2D eigenvalue weighted by Gasteiger charge is -2.18. The summed E-state index contributed by atoms with van der Waals surface area (Å²) in [5, 5.41) is 2.59. The van der Waals surface area contributed by atoms with Crippen LogP contribution < -0.4 is 11.1 Å². The molecular weight excluding hydrogens is 249 g/mol. The molecule has 0 saturated heterocycles. The van der Waals surface area contributed by atoms with Crippen molar-refractivity contribution in [2.45, 2.75) is 25.4 Å². The molecule has 2 atom stereocenters. The van der Waals surface area contributed by atoms with E-state index in [1.54, 1.807) is 0 Å². The summed E-state index contributed by atoms with van der Waals surface area (Å²) in [7, 11) is 0. The van der Waals surface area contributed by atoms with Crippen molar-refractivity contribution in [1.82, 2.24) is 5.32 Å². The first-order valence-electron chi connectivity index (χ1n) is 6.03. The summed E-state index contributed by atoms with van der Waals surface area (Å²) >= 11 is 0. The number of halogens is 3. The Kier molecular flexibility index (Phi) is 5.87. The molecule has 1 rings (SSSR count). The number of hydrogen-bond donors (Lipinski definition) is 2. The zero-order valence-corrected chi connectivity index (χ0v) is 10.1. The molecule has 18 heavy (non-hydrogen) atoms. The van der Waals surface area contributed by atoms with Crippen LogP contribution in [0, 0.1) is 11.8 Å². The molecule has 1 saturated carbocycles. The van der Waals surface area contributed by atoms with E-state index < -0.39 is 25.3 Å². The molecule has 0 aromatic rings. The van der Waals surface area contributed by atoms with Gasteiger partial charge in [0.05, 0.1) is 0 Å². The molecule has 0 radical (unpaired) electrons. The monoisotopic (exact) mass is 268 g/mol. The van der Waals surface area contributed by atoms with Gasteiger partial charge >= 0.3 is 6.18 Å². The molecule has 0 aromatic carbocycles. The number of carbonyl (C=O) groups is 1. The van der Waals surface area contributed by atoms with E-state index in [1.165, 1.54) is 0 Å². The molecule has 0 spiro atoms. The number of hydrogen-bond acceptors (Lipinski definition) is 3. The number of amides is 1. The molecule has 1 aliphatic rings. The van der Waals surface area contributed by atoms with Crippen LogP contribution in [0.2, 0.25) is 0 Å². The second-order valence-electron chi connectivity index (χ2n) is 4.60. The molecule has 0 aliphatic heterocycles. The van der Waals surface area contributed by atoms with Gasteiger partial charge in [-0.25, -0.2) is 0 Å². The molecule has 106 valence electrons. The maximum Gasteiger partial charge on any atom is 0.411 e. The van der Waals surface area contributed by atoms with Crippen LogP contribution in [0.25, 0.3) is 0 Å². The maximum atomic E-state index is 11.8. The Morgan fingerprint density at radius 3 is 2.61 bits per heavy atom. The minimum Gasteiger partial charge on any atom is -0.362 e. The number of rotatable bonds is 6. The lowest BCUT2D eigenvalue weighted by Crippen LogP contribution is -2.35. The van der Waals surface area contributed by atoms with Crippen LogP contribution in [0.15, 0.2) is 0 Å². The maximum absolute atomic E-state index is 11.8. The number of nitrogens with two attached hydrogens (primary N) is 1. The van der Waals surface area contributed by atoms with E-state index in [0.717, 1.165) is 19.3 Å². The summed E-state index contributed by atoms with van der Waals surface area (Å²) in [6, 6.07) is 0. The second-order valence-corrected chi connectivity index (χ2v) is 4.60. The van der Waals surface area contributed by atoms with Crippen molar-refractivity contribution in [2.75, 3.05) is 26.3 Å². The van der Waals surface area contributed by atoms with Crippen LogP contribution in [0.4, 0.5) is 13.2 Å². The van der Waals surface area contributed by atoms with Crippen LogP contribution in [-0.2, 0) is 9.53 Å². The molecular formula is C11H19F3N2O2. The van der Waals surface area contributed by atoms with Crippen molar-refractivity contribution in [3.8, 4) is 0 Å². The van der Waals surface area contributed by atoms with E-state index >= 15 is 0 Å². The Hall–Kier alpha value is -0.820. The molecule has 0 aromatic heterocycles. The lowest BCUT2D eigenvalue weighted by molar-refractivity contribution is -0.175. The molecule has 0 heterocycles. The third-order valence-electron chi connectivity index (χ3n) is 3.18. The standard InChI is InChI=1S/C11H19F3N2O2/c12-11(13,14)7-18-6-10(17)16-5-9-3-1-2-8(9)4-15/h8-9H,1-7,15H2,(H,16,17). The van der Waals surface area contributed by atoms with Crippen molar-refractivity contribution < 1.29 is 22.7 Å². The number of nitrogens with one attached hydrogen (secondary N) is 1. The van der Waals surface area contributed by atoms with Gasteiger partial charge in [0.15, 0.2) is 0 Å². The molecule has 2 unspecified atom stereocenters. The van der Waals surface area contributed by atoms with Crippen LogP contribution in [0.3, 0.4) is 0 Å². The van der Waals surface area contributed by atoms with E-state index in [2.05, 4.69) is 10.1 Å². The van der Waals surface area contributed by atoms with Gasteiger partial charge in [-0.2, -0.15) is 13.2 Å². The first-order chi connectivity index (χ1) is 8.42. The fourth-order valence-corrected chi connectivity index (χ4v) is 2.25. The number of ether oxygens (including phenoxy) is 1. The molecule has 3 N–H and O–H groups in total. The Balaban J connectivity index is 2.13. The van der Waals surface area contributed by atoms with E-state index in [9.17, 15) is 18.0 Å². The molecule has 1 aliphatic carbocycles. The smallest absolute Gasteiger partial charge is 0.362 e. The van der Waals surface area contributed by atoms with Crippen molar-refractivity contribution >= 4 is 5.91 Å². The Bertz CT molecular complexity index is 272.